The van der Waals surface area contributed by atoms with Crippen molar-refractivity contribution >= 4 is 5.78 Å². The summed E-state index contributed by atoms with van der Waals surface area (Å²) in [5, 5.41) is 0. The summed E-state index contributed by atoms with van der Waals surface area (Å²) in [5.74, 6) is 0.0358. The van der Waals surface area contributed by atoms with Crippen molar-refractivity contribution in [2.75, 3.05) is 0 Å². The Hall–Kier alpha value is -1.97. The third kappa shape index (κ3) is 1.85. The van der Waals surface area contributed by atoms with Crippen LogP contribution in [0.4, 0.5) is 0 Å². The van der Waals surface area contributed by atoms with Gasteiger partial charge in [0.2, 0.25) is 0 Å². The molecule has 4 heteroatoms. The zero-order valence-corrected chi connectivity index (χ0v) is 7.47. The molecule has 14 heavy (non-hydrogen) atoms. The second-order valence-corrected chi connectivity index (χ2v) is 2.88. The fourth-order valence-corrected chi connectivity index (χ4v) is 1.19. The summed E-state index contributed by atoms with van der Waals surface area (Å²) in [4.78, 5) is 22.2. The fourth-order valence-electron chi connectivity index (χ4n) is 1.19. The zero-order chi connectivity index (χ0) is 9.80. The first-order valence-electron chi connectivity index (χ1n) is 4.28. The van der Waals surface area contributed by atoms with Crippen LogP contribution in [0.5, 0.6) is 0 Å². The molecule has 0 atom stereocenters. The Balaban J connectivity index is 2.10. The summed E-state index contributed by atoms with van der Waals surface area (Å²) < 4.78 is 0. The van der Waals surface area contributed by atoms with Gasteiger partial charge < -0.3 is 4.98 Å². The highest BCUT2D eigenvalue weighted by atomic mass is 16.1. The number of hydrogen-bond donors (Lipinski definition) is 1. The standard InChI is InChI=1S/C10H9N3O/c14-10(9-2-1-4-12-9)6-8-3-5-11-7-13-8/h1-5,7,12H,6H2. The number of carbonyl (C=O) groups is 1. The molecular weight excluding hydrogens is 178 g/mol. The maximum Gasteiger partial charge on any atom is 0.184 e. The van der Waals surface area contributed by atoms with Gasteiger partial charge in [-0.05, 0) is 18.2 Å². The minimum atomic E-state index is 0.0358. The van der Waals surface area contributed by atoms with Crippen LogP contribution in [0.25, 0.3) is 0 Å². The molecule has 2 aromatic heterocycles. The number of H-pyrrole nitrogens is 1. The molecule has 2 rings (SSSR count). The number of ketones is 1. The number of carbonyl (C=O) groups excluding carboxylic acids is 1. The van der Waals surface area contributed by atoms with E-state index < -0.39 is 0 Å². The smallest absolute Gasteiger partial charge is 0.184 e. The molecule has 0 aromatic carbocycles. The van der Waals surface area contributed by atoms with E-state index in [4.69, 9.17) is 0 Å². The molecule has 0 spiro atoms. The van der Waals surface area contributed by atoms with Gasteiger partial charge in [0.25, 0.3) is 0 Å². The minimum absolute atomic E-state index is 0.0358. The lowest BCUT2D eigenvalue weighted by Gasteiger charge is -1.96. The summed E-state index contributed by atoms with van der Waals surface area (Å²) in [7, 11) is 0. The lowest BCUT2D eigenvalue weighted by Crippen LogP contribution is -2.05. The van der Waals surface area contributed by atoms with Crippen LogP contribution in [0.3, 0.4) is 0 Å². The van der Waals surface area contributed by atoms with Crippen LogP contribution in [0.1, 0.15) is 16.2 Å². The van der Waals surface area contributed by atoms with E-state index in [1.165, 1.54) is 6.33 Å². The second kappa shape index (κ2) is 3.83. The number of aromatic amines is 1. The highest BCUT2D eigenvalue weighted by Gasteiger charge is 2.07. The predicted molar refractivity (Wildman–Crippen MR) is 50.9 cm³/mol. The average molecular weight is 187 g/mol. The maximum atomic E-state index is 11.6. The molecule has 1 N–H and O–H groups in total. The molecule has 0 aliphatic rings. The number of nitrogens with zero attached hydrogens (tertiary/aromatic N) is 2. The van der Waals surface area contributed by atoms with Crippen molar-refractivity contribution in [2.24, 2.45) is 0 Å². The van der Waals surface area contributed by atoms with E-state index >= 15 is 0 Å². The van der Waals surface area contributed by atoms with Gasteiger partial charge in [-0.2, -0.15) is 0 Å². The highest BCUT2D eigenvalue weighted by Crippen LogP contribution is 2.02. The third-order valence-corrected chi connectivity index (χ3v) is 1.88. The Bertz CT molecular complexity index is 408. The molecule has 0 bridgehead atoms. The number of hydrogen-bond acceptors (Lipinski definition) is 3. The van der Waals surface area contributed by atoms with Gasteiger partial charge in [-0.15, -0.1) is 0 Å². The molecule has 2 heterocycles. The van der Waals surface area contributed by atoms with Crippen molar-refractivity contribution in [2.45, 2.75) is 6.42 Å². The molecule has 0 saturated carbocycles. The quantitative estimate of drug-likeness (QED) is 0.735. The first-order chi connectivity index (χ1) is 6.86. The third-order valence-electron chi connectivity index (χ3n) is 1.88. The normalized spacial score (nSPS) is 10.0. The SMILES string of the molecule is O=C(Cc1ccncn1)c1ccc[nH]1. The van der Waals surface area contributed by atoms with E-state index in [0.717, 1.165) is 5.69 Å². The Morgan fingerprint density at radius 1 is 1.43 bits per heavy atom. The Morgan fingerprint density at radius 3 is 3.00 bits per heavy atom. The van der Waals surface area contributed by atoms with Crippen molar-refractivity contribution in [1.29, 1.82) is 0 Å². The first kappa shape index (κ1) is 8.62. The Kier molecular flexibility index (Phi) is 2.36. The van der Waals surface area contributed by atoms with Gasteiger partial charge >= 0.3 is 0 Å². The number of nitrogens with one attached hydrogen (secondary N) is 1. The molecular formula is C10H9N3O. The fraction of sp³-hybridized carbons (Fsp3) is 0.100. The molecule has 70 valence electrons. The van der Waals surface area contributed by atoms with Crippen molar-refractivity contribution in [1.82, 2.24) is 15.0 Å². The zero-order valence-electron chi connectivity index (χ0n) is 7.47. The minimum Gasteiger partial charge on any atom is -0.359 e. The first-order valence-corrected chi connectivity index (χ1v) is 4.28. The van der Waals surface area contributed by atoms with E-state index in [1.807, 2.05) is 0 Å². The Morgan fingerprint density at radius 2 is 2.36 bits per heavy atom. The Labute approximate surface area is 81.0 Å². The number of aromatic nitrogens is 3. The van der Waals surface area contributed by atoms with Crippen molar-refractivity contribution < 1.29 is 4.79 Å². The maximum absolute atomic E-state index is 11.6. The van der Waals surface area contributed by atoms with Crippen LogP contribution < -0.4 is 0 Å². The summed E-state index contributed by atoms with van der Waals surface area (Å²) >= 11 is 0. The highest BCUT2D eigenvalue weighted by molar-refractivity contribution is 5.95. The average Bonchev–Trinajstić information content (AvgIpc) is 2.72. The second-order valence-electron chi connectivity index (χ2n) is 2.88. The molecule has 0 aliphatic heterocycles. The van der Waals surface area contributed by atoms with Gasteiger partial charge in [-0.3, -0.25) is 4.79 Å². The van der Waals surface area contributed by atoms with E-state index in [-0.39, 0.29) is 5.78 Å². The van der Waals surface area contributed by atoms with E-state index in [0.29, 0.717) is 12.1 Å². The summed E-state index contributed by atoms with van der Waals surface area (Å²) in [6, 6.07) is 5.29. The van der Waals surface area contributed by atoms with Crippen LogP contribution in [0, 0.1) is 0 Å². The van der Waals surface area contributed by atoms with Gasteiger partial charge in [-0.1, -0.05) is 0 Å². The molecule has 0 radical (unpaired) electrons. The van der Waals surface area contributed by atoms with Crippen LogP contribution in [-0.2, 0) is 6.42 Å². The van der Waals surface area contributed by atoms with Crippen LogP contribution in [0.2, 0.25) is 0 Å². The molecule has 0 fully saturated rings. The van der Waals surface area contributed by atoms with E-state index in [1.54, 1.807) is 30.6 Å². The van der Waals surface area contributed by atoms with Crippen LogP contribution in [-0.4, -0.2) is 20.7 Å². The molecule has 0 amide bonds. The van der Waals surface area contributed by atoms with Gasteiger partial charge in [0.05, 0.1) is 17.8 Å². The van der Waals surface area contributed by atoms with Crippen LogP contribution >= 0.6 is 0 Å². The monoisotopic (exact) mass is 187 g/mol. The van der Waals surface area contributed by atoms with Crippen molar-refractivity contribution in [3.8, 4) is 0 Å². The van der Waals surface area contributed by atoms with Gasteiger partial charge in [0, 0.05) is 12.4 Å². The summed E-state index contributed by atoms with van der Waals surface area (Å²) in [6.07, 6.45) is 5.11. The summed E-state index contributed by atoms with van der Waals surface area (Å²) in [5.41, 5.74) is 1.35. The van der Waals surface area contributed by atoms with Gasteiger partial charge in [0.15, 0.2) is 5.78 Å². The van der Waals surface area contributed by atoms with Gasteiger partial charge in [0.1, 0.15) is 6.33 Å². The lowest BCUT2D eigenvalue weighted by atomic mass is 10.2. The lowest BCUT2D eigenvalue weighted by molar-refractivity contribution is 0.0988. The summed E-state index contributed by atoms with van der Waals surface area (Å²) in [6.45, 7) is 0. The number of Topliss-reactive ketones (excluding diaryl/α,β-unsaturated/α-hetero) is 1. The number of rotatable bonds is 3. The van der Waals surface area contributed by atoms with Gasteiger partial charge in [-0.25, -0.2) is 9.97 Å². The van der Waals surface area contributed by atoms with Crippen molar-refractivity contribution in [3.05, 3.63) is 48.3 Å². The molecule has 0 unspecified atom stereocenters. The molecule has 0 aliphatic carbocycles. The molecule has 2 aromatic rings. The molecule has 4 nitrogen and oxygen atoms in total. The largest absolute Gasteiger partial charge is 0.359 e. The van der Waals surface area contributed by atoms with E-state index in [9.17, 15) is 4.79 Å². The van der Waals surface area contributed by atoms with E-state index in [2.05, 4.69) is 15.0 Å². The molecule has 0 saturated heterocycles. The van der Waals surface area contributed by atoms with Crippen molar-refractivity contribution in [3.63, 3.8) is 0 Å². The predicted octanol–water partition coefficient (Wildman–Crippen LogP) is 1.23. The topological polar surface area (TPSA) is 58.6 Å². The van der Waals surface area contributed by atoms with Crippen LogP contribution in [0.15, 0.2) is 36.9 Å².